The molecule has 2 aliphatic rings. The van der Waals surface area contributed by atoms with Crippen molar-refractivity contribution >= 4 is 41.0 Å². The Balaban J connectivity index is 1.16. The van der Waals surface area contributed by atoms with Crippen molar-refractivity contribution in [2.45, 2.75) is 58.5 Å². The first kappa shape index (κ1) is 35.8. The molecule has 5 rings (SSSR count). The summed E-state index contributed by atoms with van der Waals surface area (Å²) in [4.78, 5) is 46.5. The SMILES string of the molecule is [CH3][Hg][S]c1ncnc2c1ncn2[C@@H]1O[C@H](COP(=O)(O)OP(=O)([O-])OC[C@H]2O[C@@H]([n+]3cccc(C(N)=O)c3)[C@H](O)[C@@H]2O)[C@@H](O)[C@H]1O. The Morgan fingerprint density at radius 1 is 1.11 bits per heavy atom. The minimum atomic E-state index is -5.61. The summed E-state index contributed by atoms with van der Waals surface area (Å²) in [5.41, 5.74) is 6.12. The zero-order valence-corrected chi connectivity index (χ0v) is 31.8. The number of phosphoric acid groups is 2. The van der Waals surface area contributed by atoms with Crippen LogP contribution in [0.4, 0.5) is 0 Å². The summed E-state index contributed by atoms with van der Waals surface area (Å²) < 4.78 is 54.2. The first-order chi connectivity index (χ1) is 21.7. The van der Waals surface area contributed by atoms with Crippen molar-refractivity contribution in [2.24, 2.45) is 5.73 Å². The molecular weight excluding hydrogens is 867 g/mol. The molecule has 3 aromatic heterocycles. The maximum absolute atomic E-state index is 12.5. The number of aromatic nitrogens is 5. The topological polar surface area (TPSA) is 295 Å². The number of hydrogen-bond donors (Lipinski definition) is 6. The molecule has 3 aromatic rings. The average molecular weight is 895 g/mol. The van der Waals surface area contributed by atoms with Crippen molar-refractivity contribution in [1.29, 1.82) is 0 Å². The van der Waals surface area contributed by atoms with Gasteiger partial charge in [0.15, 0.2) is 18.5 Å². The van der Waals surface area contributed by atoms with Crippen LogP contribution in [-0.4, -0.2) is 101 Å². The van der Waals surface area contributed by atoms with Gasteiger partial charge in [0.2, 0.25) is 0 Å². The molecule has 24 heteroatoms. The fraction of sp³-hybridized carbons (Fsp3) is 0.500. The van der Waals surface area contributed by atoms with Gasteiger partial charge in [-0.25, -0.2) is 0 Å². The molecule has 0 bridgehead atoms. The molecular formula is C22H28HgN6O14P2S. The van der Waals surface area contributed by atoms with Crippen molar-refractivity contribution in [1.82, 2.24) is 19.5 Å². The number of rotatable bonds is 13. The van der Waals surface area contributed by atoms with Gasteiger partial charge in [0, 0.05) is 6.07 Å². The summed E-state index contributed by atoms with van der Waals surface area (Å²) in [6.07, 6.45) is -6.51. The van der Waals surface area contributed by atoms with E-state index >= 15 is 0 Å². The summed E-state index contributed by atoms with van der Waals surface area (Å²) >= 11 is -1.20. The summed E-state index contributed by atoms with van der Waals surface area (Å²) in [6, 6.07) is 2.83. The first-order valence-corrected chi connectivity index (χ1v) is 29.7. The predicted octanol–water partition coefficient (Wildman–Crippen LogP) is -2.09. The van der Waals surface area contributed by atoms with Crippen LogP contribution >= 0.6 is 23.9 Å². The van der Waals surface area contributed by atoms with Crippen LogP contribution in [0.25, 0.3) is 11.2 Å². The number of fused-ring (bicyclic) bond motifs is 1. The number of hydrogen-bond acceptors (Lipinski definition) is 17. The van der Waals surface area contributed by atoms with Gasteiger partial charge in [-0.2, -0.15) is 4.57 Å². The normalized spacial score (nSPS) is 30.6. The molecule has 0 saturated carbocycles. The molecule has 2 saturated heterocycles. The molecule has 0 aromatic carbocycles. The van der Waals surface area contributed by atoms with Gasteiger partial charge in [0.05, 0.1) is 6.61 Å². The third-order valence-electron chi connectivity index (χ3n) is 6.96. The zero-order valence-electron chi connectivity index (χ0n) is 23.7. The molecule has 0 spiro atoms. The Morgan fingerprint density at radius 3 is 2.52 bits per heavy atom. The van der Waals surface area contributed by atoms with E-state index in [1.165, 1.54) is 46.3 Å². The van der Waals surface area contributed by atoms with Crippen LogP contribution in [-0.2, 0) is 55.0 Å². The summed E-state index contributed by atoms with van der Waals surface area (Å²) in [5, 5.41) is 42.6. The Morgan fingerprint density at radius 2 is 1.80 bits per heavy atom. The quantitative estimate of drug-likeness (QED) is 0.0464. The van der Waals surface area contributed by atoms with E-state index in [9.17, 15) is 44.1 Å². The molecule has 1 amide bonds. The maximum atomic E-state index is 12.5. The summed E-state index contributed by atoms with van der Waals surface area (Å²) in [5.74, 6) is -0.767. The number of nitrogens with zero attached hydrogens (tertiary/aromatic N) is 5. The molecule has 248 valence electrons. The number of aliphatic hydroxyl groups is 4. The van der Waals surface area contributed by atoms with Gasteiger partial charge in [-0.1, -0.05) is 0 Å². The molecule has 2 fully saturated rings. The van der Waals surface area contributed by atoms with E-state index in [-0.39, 0.29) is 5.56 Å². The number of amides is 1. The fourth-order valence-corrected chi connectivity index (χ4v) is 13.2. The van der Waals surface area contributed by atoms with Crippen LogP contribution in [0.1, 0.15) is 22.8 Å². The Bertz CT molecular complexity index is 1670. The molecule has 0 radical (unpaired) electrons. The van der Waals surface area contributed by atoms with Crippen LogP contribution < -0.4 is 15.2 Å². The van der Waals surface area contributed by atoms with Gasteiger partial charge in [0.25, 0.3) is 20.0 Å². The molecule has 0 aliphatic carbocycles. The predicted molar refractivity (Wildman–Crippen MR) is 144 cm³/mol. The number of pyridine rings is 1. The molecule has 2 aliphatic heterocycles. The molecule has 10 atom stereocenters. The second-order valence-corrected chi connectivity index (χ2v) is 24.4. The van der Waals surface area contributed by atoms with Gasteiger partial charge < -0.3 is 30.1 Å². The number of carbonyl (C=O) groups excluding carboxylic acids is 1. The Kier molecular flexibility index (Phi) is 11.3. The van der Waals surface area contributed by atoms with Crippen LogP contribution in [0, 0.1) is 0 Å². The Hall–Kier alpha value is -1.52. The van der Waals surface area contributed by atoms with Gasteiger partial charge >= 0.3 is 156 Å². The third-order valence-corrected chi connectivity index (χ3v) is 16.9. The number of aliphatic hydroxyl groups excluding tert-OH is 4. The van der Waals surface area contributed by atoms with Gasteiger partial charge in [-0.15, -0.1) is 0 Å². The number of phosphoric ester groups is 2. The van der Waals surface area contributed by atoms with E-state index < -0.39 is 107 Å². The van der Waals surface area contributed by atoms with Crippen molar-refractivity contribution in [2.75, 3.05) is 13.2 Å². The molecule has 46 heavy (non-hydrogen) atoms. The van der Waals surface area contributed by atoms with E-state index in [0.29, 0.717) is 16.2 Å². The number of primary amides is 1. The van der Waals surface area contributed by atoms with Crippen molar-refractivity contribution < 1.29 is 94.6 Å². The molecule has 7 N–H and O–H groups in total. The van der Waals surface area contributed by atoms with E-state index in [4.69, 9.17) is 19.7 Å². The van der Waals surface area contributed by atoms with E-state index in [1.54, 1.807) is 8.24 Å². The summed E-state index contributed by atoms with van der Waals surface area (Å²) in [6.45, 7) is -1.84. The number of imidazole rings is 1. The van der Waals surface area contributed by atoms with Gasteiger partial charge in [-0.3, -0.25) is 9.36 Å². The van der Waals surface area contributed by atoms with Gasteiger partial charge in [0.1, 0.15) is 17.8 Å². The first-order valence-electron chi connectivity index (χ1n) is 13.5. The summed E-state index contributed by atoms with van der Waals surface area (Å²) in [7, 11) is -9.39. The number of nitrogens with two attached hydrogens (primary N) is 1. The monoisotopic (exact) mass is 896 g/mol. The van der Waals surface area contributed by atoms with Crippen LogP contribution in [0.15, 0.2) is 42.2 Å². The van der Waals surface area contributed by atoms with E-state index in [1.807, 2.05) is 0 Å². The second kappa shape index (κ2) is 14.5. The number of carbonyl (C=O) groups is 1. The van der Waals surface area contributed by atoms with E-state index in [0.717, 1.165) is 0 Å². The third kappa shape index (κ3) is 7.85. The van der Waals surface area contributed by atoms with Gasteiger partial charge in [-0.05, 0) is 6.07 Å². The minimum absolute atomic E-state index is 0.0659. The molecule has 5 heterocycles. The Labute approximate surface area is 274 Å². The van der Waals surface area contributed by atoms with E-state index in [2.05, 4.69) is 28.2 Å². The standard InChI is InChI=1S/C21H26N6O14P2S.CH3.Hg/c22-17(32)9-2-1-3-26(4-9)20-15(30)13(28)10(39-20)5-37-42(33,34)41-43(35,36)38-6-11-14(29)16(31)21(40-11)27-8-25-12-18(27)23-7-24-19(12)44;;/h1-4,7-8,10-11,13-16,20-21,28-31H,5-6H2,(H4-,22,23,24,32,33,34,35,36,44);1H3;/q;;+1/p-1/t10-,11-,13-,14-,15-,16-,20-,21-;;/m1../s1. The number of ether oxygens (including phenoxy) is 2. The molecule has 20 nitrogen and oxygen atoms in total. The van der Waals surface area contributed by atoms with Crippen molar-refractivity contribution in [3.8, 4) is 0 Å². The molecule has 2 unspecified atom stereocenters. The second-order valence-electron chi connectivity index (χ2n) is 10.0. The van der Waals surface area contributed by atoms with Crippen LogP contribution in [0.2, 0.25) is 4.43 Å². The average Bonchev–Trinajstić information content (AvgIpc) is 3.65. The van der Waals surface area contributed by atoms with Crippen LogP contribution in [0.5, 0.6) is 0 Å². The van der Waals surface area contributed by atoms with Crippen molar-refractivity contribution in [3.05, 3.63) is 42.7 Å². The fourth-order valence-electron chi connectivity index (χ4n) is 4.77. The van der Waals surface area contributed by atoms with Crippen molar-refractivity contribution in [3.63, 3.8) is 0 Å². The zero-order chi connectivity index (χ0) is 33.4. The van der Waals surface area contributed by atoms with Crippen LogP contribution in [0.3, 0.4) is 0 Å².